The van der Waals surface area contributed by atoms with E-state index in [0.717, 1.165) is 16.7 Å². The number of carbonyl (C=O) groups excluding carboxylic acids is 1. The predicted octanol–water partition coefficient (Wildman–Crippen LogP) is 4.84. The van der Waals surface area contributed by atoms with Gasteiger partial charge in [-0.2, -0.15) is 13.2 Å². The number of hydrogen-bond acceptors (Lipinski definition) is 4. The molecule has 1 amide bonds. The second kappa shape index (κ2) is 7.71. The zero-order valence-electron chi connectivity index (χ0n) is 15.9. The van der Waals surface area contributed by atoms with Crippen LogP contribution >= 0.6 is 0 Å². The molecule has 0 unspecified atom stereocenters. The number of nitrogens with zero attached hydrogens (tertiary/aromatic N) is 3. The fourth-order valence-corrected chi connectivity index (χ4v) is 3.02. The van der Waals surface area contributed by atoms with Crippen LogP contribution in [0.1, 0.15) is 16.2 Å². The number of halogens is 4. The SMILES string of the molecule is COc1ccc2c(c1)nc(C(F)(F)F)n2-c1ccc(NC(=O)c2ccc(F)cc2)nc1. The highest BCUT2D eigenvalue weighted by atomic mass is 19.4. The average Bonchev–Trinajstić information content (AvgIpc) is 3.14. The number of fused-ring (bicyclic) bond motifs is 1. The molecule has 4 rings (SSSR count). The molecule has 0 fully saturated rings. The summed E-state index contributed by atoms with van der Waals surface area (Å²) in [6.45, 7) is 0. The van der Waals surface area contributed by atoms with Gasteiger partial charge >= 0.3 is 6.18 Å². The Bertz CT molecular complexity index is 1250. The summed E-state index contributed by atoms with van der Waals surface area (Å²) < 4.78 is 59.8. The van der Waals surface area contributed by atoms with Gasteiger partial charge in [-0.05, 0) is 48.5 Å². The number of rotatable bonds is 4. The van der Waals surface area contributed by atoms with Gasteiger partial charge in [-0.1, -0.05) is 0 Å². The molecule has 0 aliphatic heterocycles. The van der Waals surface area contributed by atoms with Gasteiger partial charge in [0.05, 0.1) is 30.0 Å². The van der Waals surface area contributed by atoms with Crippen LogP contribution in [0.4, 0.5) is 23.4 Å². The average molecular weight is 430 g/mol. The molecule has 0 radical (unpaired) electrons. The largest absolute Gasteiger partial charge is 0.497 e. The fourth-order valence-electron chi connectivity index (χ4n) is 3.02. The number of hydrogen-bond donors (Lipinski definition) is 1. The Morgan fingerprint density at radius 3 is 2.42 bits per heavy atom. The summed E-state index contributed by atoms with van der Waals surface area (Å²) in [6, 6.07) is 12.1. The Morgan fingerprint density at radius 1 is 1.06 bits per heavy atom. The number of alkyl halides is 3. The van der Waals surface area contributed by atoms with Gasteiger partial charge in [0.15, 0.2) is 0 Å². The van der Waals surface area contributed by atoms with E-state index in [-0.39, 0.29) is 28.1 Å². The molecule has 2 heterocycles. The number of pyridine rings is 1. The number of carbonyl (C=O) groups is 1. The maximum absolute atomic E-state index is 13.6. The fraction of sp³-hybridized carbons (Fsp3) is 0.0952. The Hall–Kier alpha value is -3.95. The van der Waals surface area contributed by atoms with Gasteiger partial charge in [-0.25, -0.2) is 14.4 Å². The minimum Gasteiger partial charge on any atom is -0.497 e. The van der Waals surface area contributed by atoms with E-state index in [4.69, 9.17) is 4.74 Å². The molecule has 0 saturated carbocycles. The highest BCUT2D eigenvalue weighted by Gasteiger charge is 2.38. The van der Waals surface area contributed by atoms with E-state index < -0.39 is 23.7 Å². The van der Waals surface area contributed by atoms with Crippen LogP contribution < -0.4 is 10.1 Å². The van der Waals surface area contributed by atoms with Crippen molar-refractivity contribution in [3.63, 3.8) is 0 Å². The molecule has 0 aliphatic rings. The van der Waals surface area contributed by atoms with Crippen molar-refractivity contribution in [3.05, 3.63) is 78.0 Å². The maximum atomic E-state index is 13.6. The number of imidazole rings is 1. The smallest absolute Gasteiger partial charge is 0.450 e. The van der Waals surface area contributed by atoms with Gasteiger partial charge in [-0.15, -0.1) is 0 Å². The second-order valence-corrected chi connectivity index (χ2v) is 6.49. The summed E-state index contributed by atoms with van der Waals surface area (Å²) in [7, 11) is 1.41. The van der Waals surface area contributed by atoms with E-state index >= 15 is 0 Å². The second-order valence-electron chi connectivity index (χ2n) is 6.49. The first-order chi connectivity index (χ1) is 14.8. The van der Waals surface area contributed by atoms with E-state index in [1.165, 1.54) is 55.8 Å². The predicted molar refractivity (Wildman–Crippen MR) is 105 cm³/mol. The third-order valence-electron chi connectivity index (χ3n) is 4.47. The molecular weight excluding hydrogens is 416 g/mol. The minimum atomic E-state index is -4.71. The summed E-state index contributed by atoms with van der Waals surface area (Å²) in [6.07, 6.45) is -3.51. The molecule has 1 N–H and O–H groups in total. The molecule has 6 nitrogen and oxygen atoms in total. The Morgan fingerprint density at radius 2 is 1.81 bits per heavy atom. The molecular formula is C21H14F4N4O2. The summed E-state index contributed by atoms with van der Waals surface area (Å²) >= 11 is 0. The van der Waals surface area contributed by atoms with Crippen LogP contribution in [0, 0.1) is 5.82 Å². The first-order valence-corrected chi connectivity index (χ1v) is 8.93. The van der Waals surface area contributed by atoms with E-state index in [9.17, 15) is 22.4 Å². The van der Waals surface area contributed by atoms with Gasteiger partial charge in [0.2, 0.25) is 5.82 Å². The number of amides is 1. The summed E-state index contributed by atoms with van der Waals surface area (Å²) in [5, 5.41) is 2.51. The number of nitrogens with one attached hydrogen (secondary N) is 1. The topological polar surface area (TPSA) is 69.0 Å². The van der Waals surface area contributed by atoms with Crippen molar-refractivity contribution in [1.82, 2.24) is 14.5 Å². The standard InChI is InChI=1S/C21H14F4N4O2/c1-31-15-7-8-17-16(10-15)27-20(21(23,24)25)29(17)14-6-9-18(26-11-14)28-19(30)12-2-4-13(22)5-3-12/h2-11H,1H3,(H,26,28,30). The molecule has 158 valence electrons. The minimum absolute atomic E-state index is 0.111. The lowest BCUT2D eigenvalue weighted by Gasteiger charge is -2.12. The first kappa shape index (κ1) is 20.3. The van der Waals surface area contributed by atoms with E-state index in [1.807, 2.05) is 0 Å². The Balaban J connectivity index is 1.68. The summed E-state index contributed by atoms with van der Waals surface area (Å²) in [5.74, 6) is -1.62. The van der Waals surface area contributed by atoms with Crippen LogP contribution in [0.5, 0.6) is 5.75 Å². The van der Waals surface area contributed by atoms with Gasteiger partial charge in [-0.3, -0.25) is 9.36 Å². The molecule has 31 heavy (non-hydrogen) atoms. The summed E-state index contributed by atoms with van der Waals surface area (Å²) in [4.78, 5) is 20.0. The number of aromatic nitrogens is 3. The molecule has 0 saturated heterocycles. The quantitative estimate of drug-likeness (QED) is 0.471. The number of methoxy groups -OCH3 is 1. The monoisotopic (exact) mass is 430 g/mol. The number of ether oxygens (including phenoxy) is 1. The van der Waals surface area contributed by atoms with Crippen LogP contribution in [0.25, 0.3) is 16.7 Å². The van der Waals surface area contributed by atoms with Crippen LogP contribution in [0.2, 0.25) is 0 Å². The molecule has 2 aromatic carbocycles. The van der Waals surface area contributed by atoms with Crippen molar-refractivity contribution >= 4 is 22.8 Å². The van der Waals surface area contributed by atoms with Gasteiger partial charge in [0, 0.05) is 11.6 Å². The van der Waals surface area contributed by atoms with Gasteiger partial charge in [0.1, 0.15) is 17.4 Å². The highest BCUT2D eigenvalue weighted by Crippen LogP contribution is 2.34. The van der Waals surface area contributed by atoms with E-state index in [1.54, 1.807) is 0 Å². The maximum Gasteiger partial charge on any atom is 0.450 e. The van der Waals surface area contributed by atoms with Crippen molar-refractivity contribution in [3.8, 4) is 11.4 Å². The normalized spacial score (nSPS) is 11.5. The molecule has 0 aliphatic carbocycles. The zero-order chi connectivity index (χ0) is 22.2. The Kier molecular flexibility index (Phi) is 5.05. The van der Waals surface area contributed by atoms with Crippen molar-refractivity contribution in [2.75, 3.05) is 12.4 Å². The van der Waals surface area contributed by atoms with Gasteiger partial charge < -0.3 is 10.1 Å². The molecule has 4 aromatic rings. The third kappa shape index (κ3) is 4.04. The van der Waals surface area contributed by atoms with Crippen LogP contribution in [-0.4, -0.2) is 27.6 Å². The molecule has 2 aromatic heterocycles. The number of anilines is 1. The zero-order valence-corrected chi connectivity index (χ0v) is 15.9. The van der Waals surface area contributed by atoms with E-state index in [2.05, 4.69) is 15.3 Å². The van der Waals surface area contributed by atoms with Gasteiger partial charge in [0.25, 0.3) is 5.91 Å². The number of benzene rings is 2. The van der Waals surface area contributed by atoms with E-state index in [0.29, 0.717) is 5.75 Å². The van der Waals surface area contributed by atoms with Crippen molar-refractivity contribution in [2.45, 2.75) is 6.18 Å². The summed E-state index contributed by atoms with van der Waals surface area (Å²) in [5.41, 5.74) is 0.652. The lowest BCUT2D eigenvalue weighted by molar-refractivity contribution is -0.145. The molecule has 0 atom stereocenters. The molecule has 0 spiro atoms. The molecule has 10 heteroatoms. The molecule has 0 bridgehead atoms. The Labute approximate surface area is 173 Å². The van der Waals surface area contributed by atoms with Crippen molar-refractivity contribution in [1.29, 1.82) is 0 Å². The third-order valence-corrected chi connectivity index (χ3v) is 4.47. The van der Waals surface area contributed by atoms with Crippen molar-refractivity contribution < 1.29 is 27.1 Å². The van der Waals surface area contributed by atoms with Crippen LogP contribution in [0.15, 0.2) is 60.8 Å². The van der Waals surface area contributed by atoms with Crippen LogP contribution in [0.3, 0.4) is 0 Å². The highest BCUT2D eigenvalue weighted by molar-refractivity contribution is 6.03. The lowest BCUT2D eigenvalue weighted by atomic mass is 10.2. The lowest BCUT2D eigenvalue weighted by Crippen LogP contribution is -2.15. The van der Waals surface area contributed by atoms with Crippen LogP contribution in [-0.2, 0) is 6.18 Å². The van der Waals surface area contributed by atoms with Crippen molar-refractivity contribution in [2.24, 2.45) is 0 Å². The first-order valence-electron chi connectivity index (χ1n) is 8.93.